The molecule has 2 aromatic rings. The van der Waals surface area contributed by atoms with E-state index in [2.05, 4.69) is 15.6 Å². The van der Waals surface area contributed by atoms with Crippen molar-refractivity contribution >= 4 is 17.4 Å². The molecule has 0 bridgehead atoms. The van der Waals surface area contributed by atoms with E-state index in [4.69, 9.17) is 4.74 Å². The van der Waals surface area contributed by atoms with Crippen molar-refractivity contribution in [3.05, 3.63) is 41.2 Å². The van der Waals surface area contributed by atoms with Crippen LogP contribution in [0.15, 0.2) is 29.6 Å². The molecule has 146 valence electrons. The molecule has 0 radical (unpaired) electrons. The maximum Gasteiger partial charge on any atom is 0.408 e. The lowest BCUT2D eigenvalue weighted by Crippen LogP contribution is -2.44. The van der Waals surface area contributed by atoms with Gasteiger partial charge in [-0.1, -0.05) is 0 Å². The van der Waals surface area contributed by atoms with Gasteiger partial charge >= 0.3 is 6.09 Å². The van der Waals surface area contributed by atoms with Crippen LogP contribution in [0.25, 0.3) is 10.6 Å². The fourth-order valence-electron chi connectivity index (χ4n) is 3.21. The molecule has 0 saturated carbocycles. The Hall–Kier alpha value is -1.99. The molecule has 1 unspecified atom stereocenters. The van der Waals surface area contributed by atoms with Crippen LogP contribution in [0.2, 0.25) is 0 Å². The van der Waals surface area contributed by atoms with Crippen molar-refractivity contribution in [3.8, 4) is 10.6 Å². The molecule has 1 saturated heterocycles. The van der Waals surface area contributed by atoms with Gasteiger partial charge in [0.05, 0.1) is 11.2 Å². The van der Waals surface area contributed by atoms with Crippen molar-refractivity contribution in [1.82, 2.24) is 15.6 Å². The number of thiazole rings is 1. The molecular formula is C20H26FN3O2S. The van der Waals surface area contributed by atoms with E-state index in [0.717, 1.165) is 42.2 Å². The van der Waals surface area contributed by atoms with Crippen molar-refractivity contribution in [2.75, 3.05) is 13.1 Å². The molecular weight excluding hydrogens is 365 g/mol. The summed E-state index contributed by atoms with van der Waals surface area (Å²) < 4.78 is 18.7. The SMILES string of the molecule is CC(OC(=O)NC(C)(C)c1csc(-c2ccc(F)cc2)n1)C1CCNCC1. The van der Waals surface area contributed by atoms with Crippen molar-refractivity contribution < 1.29 is 13.9 Å². The molecule has 1 fully saturated rings. The first-order valence-corrected chi connectivity index (χ1v) is 10.1. The number of nitrogens with zero attached hydrogens (tertiary/aromatic N) is 1. The molecule has 0 aliphatic carbocycles. The summed E-state index contributed by atoms with van der Waals surface area (Å²) in [6.45, 7) is 7.69. The zero-order chi connectivity index (χ0) is 19.4. The molecule has 1 aromatic heterocycles. The van der Waals surface area contributed by atoms with E-state index in [-0.39, 0.29) is 11.9 Å². The number of ether oxygens (including phenoxy) is 1. The molecule has 1 aromatic carbocycles. The fourth-order valence-corrected chi connectivity index (χ4v) is 4.21. The van der Waals surface area contributed by atoms with Gasteiger partial charge in [0.1, 0.15) is 16.9 Å². The van der Waals surface area contributed by atoms with Crippen LogP contribution in [-0.4, -0.2) is 30.3 Å². The highest BCUT2D eigenvalue weighted by Crippen LogP contribution is 2.29. The van der Waals surface area contributed by atoms with Crippen molar-refractivity contribution in [2.45, 2.75) is 45.3 Å². The smallest absolute Gasteiger partial charge is 0.408 e. The summed E-state index contributed by atoms with van der Waals surface area (Å²) in [4.78, 5) is 17.0. The molecule has 1 aliphatic heterocycles. The van der Waals surface area contributed by atoms with Crippen LogP contribution in [-0.2, 0) is 10.3 Å². The minimum Gasteiger partial charge on any atom is -0.446 e. The first-order valence-electron chi connectivity index (χ1n) is 9.26. The third-order valence-corrected chi connectivity index (χ3v) is 5.88. The van der Waals surface area contributed by atoms with Gasteiger partial charge in [0.25, 0.3) is 0 Å². The monoisotopic (exact) mass is 391 g/mol. The number of piperidine rings is 1. The lowest BCUT2D eigenvalue weighted by Gasteiger charge is -2.30. The number of alkyl carbamates (subject to hydrolysis) is 1. The Bertz CT molecular complexity index is 770. The van der Waals surface area contributed by atoms with E-state index in [1.54, 1.807) is 12.1 Å². The second-order valence-electron chi connectivity index (χ2n) is 7.49. The Balaban J connectivity index is 1.62. The van der Waals surface area contributed by atoms with Gasteiger partial charge < -0.3 is 15.4 Å². The molecule has 3 rings (SSSR count). The summed E-state index contributed by atoms with van der Waals surface area (Å²) in [7, 11) is 0. The zero-order valence-corrected chi connectivity index (χ0v) is 16.7. The fraction of sp³-hybridized carbons (Fsp3) is 0.500. The van der Waals surface area contributed by atoms with Gasteiger partial charge in [-0.15, -0.1) is 11.3 Å². The average Bonchev–Trinajstić information content (AvgIpc) is 3.13. The van der Waals surface area contributed by atoms with E-state index in [9.17, 15) is 9.18 Å². The predicted molar refractivity (Wildman–Crippen MR) is 105 cm³/mol. The number of carbonyl (C=O) groups excluding carboxylic acids is 1. The molecule has 27 heavy (non-hydrogen) atoms. The molecule has 1 aliphatic rings. The highest BCUT2D eigenvalue weighted by atomic mass is 32.1. The van der Waals surface area contributed by atoms with Crippen LogP contribution in [0.3, 0.4) is 0 Å². The summed E-state index contributed by atoms with van der Waals surface area (Å²) >= 11 is 1.47. The van der Waals surface area contributed by atoms with Crippen LogP contribution in [0.1, 0.15) is 39.3 Å². The number of hydrogen-bond donors (Lipinski definition) is 2. The van der Waals surface area contributed by atoms with Crippen molar-refractivity contribution in [1.29, 1.82) is 0 Å². The zero-order valence-electron chi connectivity index (χ0n) is 15.9. The lowest BCUT2D eigenvalue weighted by molar-refractivity contribution is 0.0563. The normalized spacial score (nSPS) is 16.7. The van der Waals surface area contributed by atoms with E-state index in [1.807, 2.05) is 26.2 Å². The highest BCUT2D eigenvalue weighted by Gasteiger charge is 2.29. The average molecular weight is 392 g/mol. The van der Waals surface area contributed by atoms with Gasteiger partial charge in [-0.05, 0) is 76.9 Å². The Morgan fingerprint density at radius 1 is 1.33 bits per heavy atom. The molecule has 2 N–H and O–H groups in total. The first kappa shape index (κ1) is 19.8. The number of aromatic nitrogens is 1. The van der Waals surface area contributed by atoms with Crippen LogP contribution < -0.4 is 10.6 Å². The van der Waals surface area contributed by atoms with E-state index in [1.165, 1.54) is 23.5 Å². The number of hydrogen-bond acceptors (Lipinski definition) is 5. The first-order chi connectivity index (χ1) is 12.8. The highest BCUT2D eigenvalue weighted by molar-refractivity contribution is 7.13. The number of benzene rings is 1. The standard InChI is InChI=1S/C20H26FN3O2S/c1-13(14-8-10-22-11-9-14)26-19(25)24-20(2,3)17-12-27-18(23-17)15-4-6-16(21)7-5-15/h4-7,12-14,22H,8-11H2,1-3H3,(H,24,25). The summed E-state index contributed by atoms with van der Waals surface area (Å²) in [5.41, 5.74) is 0.934. The predicted octanol–water partition coefficient (Wildman–Crippen LogP) is 4.30. The second kappa shape index (κ2) is 8.35. The number of amides is 1. The molecule has 0 spiro atoms. The van der Waals surface area contributed by atoms with Gasteiger partial charge in [0, 0.05) is 10.9 Å². The van der Waals surface area contributed by atoms with Crippen LogP contribution in [0, 0.1) is 11.7 Å². The van der Waals surface area contributed by atoms with Crippen molar-refractivity contribution in [2.24, 2.45) is 5.92 Å². The molecule has 5 nitrogen and oxygen atoms in total. The topological polar surface area (TPSA) is 63.2 Å². The number of halogens is 1. The maximum atomic E-state index is 13.1. The Morgan fingerprint density at radius 2 is 2.00 bits per heavy atom. The minimum absolute atomic E-state index is 0.117. The van der Waals surface area contributed by atoms with E-state index < -0.39 is 11.6 Å². The molecule has 1 atom stereocenters. The molecule has 1 amide bonds. The summed E-state index contributed by atoms with van der Waals surface area (Å²) in [5, 5.41) is 8.94. The Labute approximate surface area is 163 Å². The summed E-state index contributed by atoms with van der Waals surface area (Å²) in [6.07, 6.45) is 1.49. The van der Waals surface area contributed by atoms with Crippen LogP contribution in [0.5, 0.6) is 0 Å². The lowest BCUT2D eigenvalue weighted by atomic mass is 9.93. The second-order valence-corrected chi connectivity index (χ2v) is 8.35. The number of rotatable bonds is 5. The summed E-state index contributed by atoms with van der Waals surface area (Å²) in [5.74, 6) is 0.118. The quantitative estimate of drug-likeness (QED) is 0.798. The van der Waals surface area contributed by atoms with Crippen LogP contribution >= 0.6 is 11.3 Å². The van der Waals surface area contributed by atoms with Gasteiger partial charge in [-0.25, -0.2) is 14.2 Å². The molecule has 2 heterocycles. The minimum atomic E-state index is -0.667. The van der Waals surface area contributed by atoms with Gasteiger partial charge in [0.15, 0.2) is 0 Å². The third-order valence-electron chi connectivity index (χ3n) is 4.99. The third kappa shape index (κ3) is 5.05. The number of nitrogens with one attached hydrogen (secondary N) is 2. The van der Waals surface area contributed by atoms with Gasteiger partial charge in [-0.2, -0.15) is 0 Å². The summed E-state index contributed by atoms with van der Waals surface area (Å²) in [6, 6.07) is 6.24. The van der Waals surface area contributed by atoms with E-state index in [0.29, 0.717) is 5.92 Å². The maximum absolute atomic E-state index is 13.1. The Morgan fingerprint density at radius 3 is 2.67 bits per heavy atom. The van der Waals surface area contributed by atoms with Crippen molar-refractivity contribution in [3.63, 3.8) is 0 Å². The van der Waals surface area contributed by atoms with Crippen LogP contribution in [0.4, 0.5) is 9.18 Å². The largest absolute Gasteiger partial charge is 0.446 e. The van der Waals surface area contributed by atoms with E-state index >= 15 is 0 Å². The Kier molecular flexibility index (Phi) is 6.11. The number of carbonyl (C=O) groups is 1. The van der Waals surface area contributed by atoms with Gasteiger partial charge in [-0.3, -0.25) is 0 Å². The molecule has 7 heteroatoms. The van der Waals surface area contributed by atoms with Gasteiger partial charge in [0.2, 0.25) is 0 Å².